The summed E-state index contributed by atoms with van der Waals surface area (Å²) in [7, 11) is 1.77. The number of hydrogen-bond donors (Lipinski definition) is 1. The lowest BCUT2D eigenvalue weighted by Gasteiger charge is -2.17. The monoisotopic (exact) mass is 376 g/mol. The highest BCUT2D eigenvalue weighted by Crippen LogP contribution is 2.40. The first-order valence-corrected chi connectivity index (χ1v) is 8.50. The van der Waals surface area contributed by atoms with Crippen LogP contribution in [-0.4, -0.2) is 18.9 Å². The van der Waals surface area contributed by atoms with Crippen LogP contribution >= 0.6 is 11.6 Å². The number of nitrogens with one attached hydrogen (secondary N) is 1. The summed E-state index contributed by atoms with van der Waals surface area (Å²) in [5, 5.41) is 12.6. The van der Waals surface area contributed by atoms with E-state index in [0.717, 1.165) is 16.3 Å². The number of hydrogen-bond acceptors (Lipinski definition) is 5. The van der Waals surface area contributed by atoms with E-state index in [9.17, 15) is 14.9 Å². The van der Waals surface area contributed by atoms with E-state index >= 15 is 0 Å². The van der Waals surface area contributed by atoms with Gasteiger partial charge in [-0.1, -0.05) is 41.9 Å². The average Bonchev–Trinajstić information content (AvgIpc) is 3.13. The molecular formula is C20H13ClN4O2. The van der Waals surface area contributed by atoms with Gasteiger partial charge in [-0.15, -0.1) is 0 Å². The molecule has 2 aromatic carbocycles. The Morgan fingerprint density at radius 2 is 1.70 bits per heavy atom. The Balaban J connectivity index is 1.82. The van der Waals surface area contributed by atoms with Gasteiger partial charge in [0.25, 0.3) is 11.8 Å². The van der Waals surface area contributed by atoms with Crippen LogP contribution in [0.5, 0.6) is 0 Å². The quantitative estimate of drug-likeness (QED) is 0.642. The van der Waals surface area contributed by atoms with Crippen LogP contribution in [0.1, 0.15) is 0 Å². The minimum absolute atomic E-state index is 0.0236. The highest BCUT2D eigenvalue weighted by atomic mass is 35.5. The molecule has 0 aromatic heterocycles. The maximum atomic E-state index is 13.0. The topological polar surface area (TPSA) is 76.4 Å². The van der Waals surface area contributed by atoms with E-state index in [1.54, 1.807) is 42.3 Å². The number of nitrogens with zero attached hydrogens (tertiary/aromatic N) is 3. The fourth-order valence-corrected chi connectivity index (χ4v) is 3.45. The Bertz CT molecular complexity index is 1080. The van der Waals surface area contributed by atoms with E-state index in [4.69, 9.17) is 11.6 Å². The Morgan fingerprint density at radius 1 is 1.04 bits per heavy atom. The van der Waals surface area contributed by atoms with Crippen molar-refractivity contribution >= 4 is 40.5 Å². The van der Waals surface area contributed by atoms with Crippen molar-refractivity contribution in [2.24, 2.45) is 0 Å². The van der Waals surface area contributed by atoms with Gasteiger partial charge < -0.3 is 10.2 Å². The molecule has 2 aliphatic heterocycles. The Kier molecular flexibility index (Phi) is 3.94. The molecule has 27 heavy (non-hydrogen) atoms. The van der Waals surface area contributed by atoms with Gasteiger partial charge >= 0.3 is 0 Å². The van der Waals surface area contributed by atoms with Crippen LogP contribution in [0, 0.1) is 11.3 Å². The van der Waals surface area contributed by atoms with E-state index < -0.39 is 11.8 Å². The maximum Gasteiger partial charge on any atom is 0.277 e. The molecule has 2 heterocycles. The molecule has 0 fully saturated rings. The van der Waals surface area contributed by atoms with Crippen LogP contribution in [-0.2, 0) is 9.59 Å². The molecule has 0 spiro atoms. The van der Waals surface area contributed by atoms with Crippen molar-refractivity contribution in [3.8, 4) is 6.07 Å². The molecule has 0 saturated heterocycles. The lowest BCUT2D eigenvalue weighted by molar-refractivity contribution is -0.120. The second-order valence-electron chi connectivity index (χ2n) is 6.01. The summed E-state index contributed by atoms with van der Waals surface area (Å²) in [6, 6.07) is 18.0. The van der Waals surface area contributed by atoms with Gasteiger partial charge in [-0.2, -0.15) is 5.26 Å². The average molecular weight is 377 g/mol. The standard InChI is InChI=1S/C20H13ClN4O2/c1-24-15-10-6-5-9-14(15)23-18(24)13(11-22)16-17(21)20(27)25(19(16)26)12-7-3-2-4-8-12/h2-10,23H,1H3. The molecule has 0 aliphatic carbocycles. The highest BCUT2D eigenvalue weighted by molar-refractivity contribution is 6.53. The zero-order valence-corrected chi connectivity index (χ0v) is 15.0. The van der Waals surface area contributed by atoms with Crippen LogP contribution in [0.2, 0.25) is 0 Å². The first-order valence-electron chi connectivity index (χ1n) is 8.12. The van der Waals surface area contributed by atoms with Gasteiger partial charge in [0.05, 0.1) is 22.6 Å². The Hall–Kier alpha value is -3.56. The summed E-state index contributed by atoms with van der Waals surface area (Å²) in [6.07, 6.45) is 0. The zero-order valence-electron chi connectivity index (χ0n) is 14.2. The molecule has 0 bridgehead atoms. The number of imide groups is 1. The number of rotatable bonds is 2. The van der Waals surface area contributed by atoms with Gasteiger partial charge in [0, 0.05) is 7.05 Å². The molecule has 1 N–H and O–H groups in total. The first-order chi connectivity index (χ1) is 13.0. The summed E-state index contributed by atoms with van der Waals surface area (Å²) in [5.41, 5.74) is 1.98. The lowest BCUT2D eigenvalue weighted by Crippen LogP contribution is -2.31. The Labute approximate surface area is 160 Å². The number of carbonyl (C=O) groups excluding carboxylic acids is 2. The molecule has 7 heteroatoms. The predicted octanol–water partition coefficient (Wildman–Crippen LogP) is 3.35. The number of benzene rings is 2. The molecule has 132 valence electrons. The molecule has 0 saturated carbocycles. The minimum Gasteiger partial charge on any atom is -0.339 e. The maximum absolute atomic E-state index is 13.0. The zero-order chi connectivity index (χ0) is 19.1. The van der Waals surface area contributed by atoms with Crippen LogP contribution in [0.3, 0.4) is 0 Å². The molecule has 0 unspecified atom stereocenters. The lowest BCUT2D eigenvalue weighted by atomic mass is 10.1. The van der Waals surface area contributed by atoms with Gasteiger partial charge in [-0.05, 0) is 24.3 Å². The third-order valence-corrected chi connectivity index (χ3v) is 4.84. The van der Waals surface area contributed by atoms with Crippen LogP contribution < -0.4 is 15.1 Å². The van der Waals surface area contributed by atoms with Gasteiger partial charge in [0.1, 0.15) is 22.5 Å². The molecule has 6 nitrogen and oxygen atoms in total. The molecule has 2 aromatic rings. The van der Waals surface area contributed by atoms with Crippen LogP contribution in [0.15, 0.2) is 76.6 Å². The van der Waals surface area contributed by atoms with Gasteiger partial charge in [-0.3, -0.25) is 9.59 Å². The number of amides is 2. The van der Waals surface area contributed by atoms with Crippen molar-refractivity contribution in [3.05, 3.63) is 76.6 Å². The van der Waals surface area contributed by atoms with Crippen molar-refractivity contribution in [3.63, 3.8) is 0 Å². The minimum atomic E-state index is -0.644. The van der Waals surface area contributed by atoms with E-state index in [2.05, 4.69) is 5.32 Å². The predicted molar refractivity (Wildman–Crippen MR) is 103 cm³/mol. The van der Waals surface area contributed by atoms with Gasteiger partial charge in [0.15, 0.2) is 0 Å². The van der Waals surface area contributed by atoms with Crippen LogP contribution in [0.25, 0.3) is 0 Å². The van der Waals surface area contributed by atoms with E-state index in [0.29, 0.717) is 11.5 Å². The van der Waals surface area contributed by atoms with Crippen molar-refractivity contribution in [2.45, 2.75) is 0 Å². The molecule has 2 aliphatic rings. The SMILES string of the molecule is CN1C(=C(C#N)C2=C(Cl)C(=O)N(c3ccccc3)C2=O)Nc2ccccc21. The number of nitriles is 1. The number of para-hydroxylation sites is 3. The number of carbonyl (C=O) groups is 2. The smallest absolute Gasteiger partial charge is 0.277 e. The second-order valence-corrected chi connectivity index (χ2v) is 6.38. The molecule has 4 rings (SSSR count). The summed E-state index contributed by atoms with van der Waals surface area (Å²) in [5.74, 6) is -0.858. The normalized spacial score (nSPS) is 17.8. The molecular weight excluding hydrogens is 364 g/mol. The summed E-state index contributed by atoms with van der Waals surface area (Å²) < 4.78 is 0. The van der Waals surface area contributed by atoms with Crippen molar-refractivity contribution in [1.29, 1.82) is 5.26 Å². The summed E-state index contributed by atoms with van der Waals surface area (Å²) >= 11 is 6.22. The third kappa shape index (κ3) is 2.48. The van der Waals surface area contributed by atoms with E-state index in [-0.39, 0.29) is 16.2 Å². The molecule has 0 atom stereocenters. The first kappa shape index (κ1) is 16.9. The van der Waals surface area contributed by atoms with Crippen molar-refractivity contribution in [2.75, 3.05) is 22.2 Å². The van der Waals surface area contributed by atoms with E-state index in [1.165, 1.54) is 0 Å². The fraction of sp³-hybridized carbons (Fsp3) is 0.0500. The van der Waals surface area contributed by atoms with Crippen molar-refractivity contribution in [1.82, 2.24) is 0 Å². The van der Waals surface area contributed by atoms with E-state index in [1.807, 2.05) is 30.3 Å². The fourth-order valence-electron chi connectivity index (χ4n) is 3.19. The summed E-state index contributed by atoms with van der Waals surface area (Å²) in [4.78, 5) is 28.3. The third-order valence-electron chi connectivity index (χ3n) is 4.49. The number of halogens is 1. The largest absolute Gasteiger partial charge is 0.339 e. The summed E-state index contributed by atoms with van der Waals surface area (Å²) in [6.45, 7) is 0. The van der Waals surface area contributed by atoms with Crippen molar-refractivity contribution < 1.29 is 9.59 Å². The van der Waals surface area contributed by atoms with Crippen LogP contribution in [0.4, 0.5) is 17.1 Å². The second kappa shape index (κ2) is 6.31. The Morgan fingerprint density at radius 3 is 2.37 bits per heavy atom. The number of fused-ring (bicyclic) bond motifs is 1. The van der Waals surface area contributed by atoms with Gasteiger partial charge in [-0.25, -0.2) is 4.90 Å². The number of anilines is 3. The highest BCUT2D eigenvalue weighted by Gasteiger charge is 2.42. The molecule has 0 radical (unpaired) electrons. The van der Waals surface area contributed by atoms with Gasteiger partial charge in [0.2, 0.25) is 0 Å². The molecule has 2 amide bonds.